The Morgan fingerprint density at radius 1 is 1.29 bits per heavy atom. The lowest BCUT2D eigenvalue weighted by Crippen LogP contribution is -2.44. The highest BCUT2D eigenvalue weighted by atomic mass is 32.1. The number of fused-ring (bicyclic) bond motifs is 1. The van der Waals surface area contributed by atoms with Crippen LogP contribution in [0.25, 0.3) is 0 Å². The Balaban J connectivity index is 1.72. The molecule has 0 radical (unpaired) electrons. The van der Waals surface area contributed by atoms with Crippen molar-refractivity contribution in [1.82, 2.24) is 0 Å². The van der Waals surface area contributed by atoms with E-state index in [1.165, 1.54) is 16.2 Å². The summed E-state index contributed by atoms with van der Waals surface area (Å²) in [5, 5.41) is 23.3. The number of β-amino-alcohol motifs (C(OH)–C–C–N with tert-alkyl or cyclic N) is 1. The molecule has 2 heterocycles. The summed E-state index contributed by atoms with van der Waals surface area (Å²) in [7, 11) is 0. The first kappa shape index (κ1) is 14.1. The first-order valence-corrected chi connectivity index (χ1v) is 7.51. The molecule has 1 aromatic heterocycles. The molecule has 0 fully saturated rings. The van der Waals surface area contributed by atoms with E-state index < -0.39 is 18.3 Å². The highest BCUT2D eigenvalue weighted by molar-refractivity contribution is 7.08. The number of hydrogen-bond acceptors (Lipinski definition) is 5. The number of carbonyl (C=O) groups is 1. The minimum absolute atomic E-state index is 0.0263. The Morgan fingerprint density at radius 2 is 2.05 bits per heavy atom. The largest absolute Gasteiger partial charge is 0.444 e. The van der Waals surface area contributed by atoms with Crippen LogP contribution in [-0.2, 0) is 11.3 Å². The van der Waals surface area contributed by atoms with E-state index in [1.807, 2.05) is 30.3 Å². The van der Waals surface area contributed by atoms with Gasteiger partial charge in [0.15, 0.2) is 0 Å². The van der Waals surface area contributed by atoms with E-state index in [9.17, 15) is 15.0 Å². The Bertz CT molecular complexity index is 628. The average Bonchev–Trinajstić information content (AvgIpc) is 2.99. The number of amides is 1. The lowest BCUT2D eigenvalue weighted by atomic mass is 10.0. The number of anilines is 1. The predicted molar refractivity (Wildman–Crippen MR) is 79.3 cm³/mol. The van der Waals surface area contributed by atoms with Crippen molar-refractivity contribution in [3.63, 3.8) is 0 Å². The molecule has 110 valence electrons. The van der Waals surface area contributed by atoms with Gasteiger partial charge in [0.05, 0.1) is 12.2 Å². The fourth-order valence-corrected chi connectivity index (χ4v) is 3.17. The van der Waals surface area contributed by atoms with Crippen LogP contribution in [0.4, 0.5) is 10.5 Å². The van der Waals surface area contributed by atoms with E-state index in [0.717, 1.165) is 5.56 Å². The zero-order valence-corrected chi connectivity index (χ0v) is 12.0. The summed E-state index contributed by atoms with van der Waals surface area (Å²) in [5.74, 6) is 0. The maximum atomic E-state index is 12.2. The van der Waals surface area contributed by atoms with Gasteiger partial charge in [-0.2, -0.15) is 0 Å². The number of benzene rings is 1. The summed E-state index contributed by atoms with van der Waals surface area (Å²) in [6, 6.07) is 9.39. The van der Waals surface area contributed by atoms with Gasteiger partial charge in [0.1, 0.15) is 18.8 Å². The summed E-state index contributed by atoms with van der Waals surface area (Å²) < 4.78 is 5.28. The second-order valence-corrected chi connectivity index (χ2v) is 5.62. The summed E-state index contributed by atoms with van der Waals surface area (Å²) >= 11 is 1.38. The smallest absolute Gasteiger partial charge is 0.414 e. The van der Waals surface area contributed by atoms with Crippen LogP contribution in [0.5, 0.6) is 0 Å². The van der Waals surface area contributed by atoms with E-state index in [4.69, 9.17) is 4.74 Å². The van der Waals surface area contributed by atoms with Crippen molar-refractivity contribution in [2.75, 3.05) is 11.4 Å². The Kier molecular flexibility index (Phi) is 3.92. The Morgan fingerprint density at radius 3 is 2.81 bits per heavy atom. The van der Waals surface area contributed by atoms with Crippen molar-refractivity contribution < 1.29 is 19.7 Å². The van der Waals surface area contributed by atoms with Crippen LogP contribution in [0.15, 0.2) is 41.1 Å². The van der Waals surface area contributed by atoms with E-state index in [-0.39, 0.29) is 13.2 Å². The van der Waals surface area contributed by atoms with Crippen LogP contribution in [0.1, 0.15) is 17.2 Å². The van der Waals surface area contributed by atoms with Crippen molar-refractivity contribution >= 4 is 23.1 Å². The topological polar surface area (TPSA) is 70.0 Å². The molecular weight excluding hydrogens is 290 g/mol. The molecule has 0 aliphatic carbocycles. The zero-order chi connectivity index (χ0) is 14.8. The molecule has 1 aromatic carbocycles. The summed E-state index contributed by atoms with van der Waals surface area (Å²) in [4.78, 5) is 13.6. The minimum atomic E-state index is -1.00. The number of nitrogens with zero attached hydrogens (tertiary/aromatic N) is 1. The van der Waals surface area contributed by atoms with Crippen LogP contribution in [0.2, 0.25) is 0 Å². The molecule has 1 amide bonds. The molecule has 0 saturated carbocycles. The van der Waals surface area contributed by atoms with Gasteiger partial charge in [-0.3, -0.25) is 4.90 Å². The standard InChI is InChI=1S/C15H15NO4S/c17-13-6-16(12-9-21-8-11(12)14(13)18)15(19)20-7-10-4-2-1-3-5-10/h1-5,8-9,13-14,17-18H,6-7H2. The minimum Gasteiger partial charge on any atom is -0.444 e. The van der Waals surface area contributed by atoms with E-state index in [2.05, 4.69) is 0 Å². The second-order valence-electron chi connectivity index (χ2n) is 4.88. The molecule has 5 nitrogen and oxygen atoms in total. The van der Waals surface area contributed by atoms with Gasteiger partial charge in [-0.05, 0) is 10.9 Å². The van der Waals surface area contributed by atoms with Gasteiger partial charge in [-0.15, -0.1) is 11.3 Å². The van der Waals surface area contributed by atoms with Gasteiger partial charge in [0, 0.05) is 10.9 Å². The van der Waals surface area contributed by atoms with Crippen LogP contribution in [0.3, 0.4) is 0 Å². The highest BCUT2D eigenvalue weighted by Gasteiger charge is 2.35. The van der Waals surface area contributed by atoms with E-state index >= 15 is 0 Å². The number of aliphatic hydroxyl groups is 2. The van der Waals surface area contributed by atoms with Gasteiger partial charge in [-0.1, -0.05) is 30.3 Å². The monoisotopic (exact) mass is 305 g/mol. The Labute approximate surface area is 126 Å². The number of thiophene rings is 1. The van der Waals surface area contributed by atoms with Crippen molar-refractivity contribution in [1.29, 1.82) is 0 Å². The summed E-state index contributed by atoms with van der Waals surface area (Å²) in [6.07, 6.45) is -2.48. The molecule has 6 heteroatoms. The van der Waals surface area contributed by atoms with Crippen LogP contribution in [0, 0.1) is 0 Å². The molecule has 0 saturated heterocycles. The number of ether oxygens (including phenoxy) is 1. The second kappa shape index (κ2) is 5.85. The quantitative estimate of drug-likeness (QED) is 0.893. The summed E-state index contributed by atoms with van der Waals surface area (Å²) in [6.45, 7) is 0.201. The number of carbonyl (C=O) groups excluding carboxylic acids is 1. The third-order valence-electron chi connectivity index (χ3n) is 3.44. The molecule has 1 aliphatic rings. The molecule has 2 atom stereocenters. The van der Waals surface area contributed by atoms with Crippen molar-refractivity contribution in [2.45, 2.75) is 18.8 Å². The fourth-order valence-electron chi connectivity index (χ4n) is 2.30. The first-order chi connectivity index (χ1) is 10.2. The van der Waals surface area contributed by atoms with Gasteiger partial charge in [0.2, 0.25) is 0 Å². The lowest BCUT2D eigenvalue weighted by molar-refractivity contribution is 0.0177. The molecule has 0 bridgehead atoms. The predicted octanol–water partition coefficient (Wildman–Crippen LogP) is 2.30. The molecule has 1 aliphatic heterocycles. The Hall–Kier alpha value is -1.89. The molecule has 2 unspecified atom stereocenters. The van der Waals surface area contributed by atoms with Gasteiger partial charge < -0.3 is 14.9 Å². The van der Waals surface area contributed by atoms with E-state index in [0.29, 0.717) is 11.3 Å². The van der Waals surface area contributed by atoms with Gasteiger partial charge in [-0.25, -0.2) is 4.79 Å². The van der Waals surface area contributed by atoms with Crippen molar-refractivity contribution in [3.05, 3.63) is 52.2 Å². The average molecular weight is 305 g/mol. The maximum Gasteiger partial charge on any atom is 0.414 e. The number of rotatable bonds is 2. The number of hydrogen-bond donors (Lipinski definition) is 2. The number of aliphatic hydroxyl groups excluding tert-OH is 2. The maximum absolute atomic E-state index is 12.2. The van der Waals surface area contributed by atoms with Crippen LogP contribution < -0.4 is 4.90 Å². The molecule has 2 N–H and O–H groups in total. The third kappa shape index (κ3) is 2.78. The summed E-state index contributed by atoms with van der Waals surface area (Å²) in [5.41, 5.74) is 2.07. The molecule has 2 aromatic rings. The first-order valence-electron chi connectivity index (χ1n) is 6.57. The van der Waals surface area contributed by atoms with Gasteiger partial charge in [0.25, 0.3) is 0 Å². The van der Waals surface area contributed by atoms with Crippen molar-refractivity contribution in [3.8, 4) is 0 Å². The molecule has 3 rings (SSSR count). The van der Waals surface area contributed by atoms with Gasteiger partial charge >= 0.3 is 6.09 Å². The molecular formula is C15H15NO4S. The highest BCUT2D eigenvalue weighted by Crippen LogP contribution is 2.37. The lowest BCUT2D eigenvalue weighted by Gasteiger charge is -2.32. The normalized spacial score (nSPS) is 21.0. The van der Waals surface area contributed by atoms with Crippen LogP contribution >= 0.6 is 11.3 Å². The zero-order valence-electron chi connectivity index (χ0n) is 11.2. The fraction of sp³-hybridized carbons (Fsp3) is 0.267. The molecule has 21 heavy (non-hydrogen) atoms. The third-order valence-corrected chi connectivity index (χ3v) is 4.19. The van der Waals surface area contributed by atoms with Crippen molar-refractivity contribution in [2.24, 2.45) is 0 Å². The molecule has 0 spiro atoms. The van der Waals surface area contributed by atoms with Crippen LogP contribution in [-0.4, -0.2) is 29.0 Å². The SMILES string of the molecule is O=C(OCc1ccccc1)N1CC(O)C(O)c2cscc21. The van der Waals surface area contributed by atoms with E-state index in [1.54, 1.807) is 10.8 Å².